The maximum absolute atomic E-state index is 5.98. The van der Waals surface area contributed by atoms with Gasteiger partial charge in [-0.25, -0.2) is 0 Å². The van der Waals surface area contributed by atoms with Crippen LogP contribution in [0.15, 0.2) is 56.2 Å². The SMILES string of the molecule is C=CCB(CC=C)c1cccc(OCCCC)c1CC=C. The Morgan fingerprint density at radius 1 is 1.10 bits per heavy atom. The molecule has 0 spiro atoms. The third-order valence-electron chi connectivity index (χ3n) is 3.62. The van der Waals surface area contributed by atoms with E-state index in [1.54, 1.807) is 0 Å². The quantitative estimate of drug-likeness (QED) is 0.325. The van der Waals surface area contributed by atoms with E-state index < -0.39 is 0 Å². The van der Waals surface area contributed by atoms with Crippen molar-refractivity contribution in [1.29, 1.82) is 0 Å². The first-order valence-electron chi connectivity index (χ1n) is 7.85. The summed E-state index contributed by atoms with van der Waals surface area (Å²) in [5.74, 6) is 0.999. The van der Waals surface area contributed by atoms with Crippen LogP contribution in [-0.4, -0.2) is 13.3 Å². The van der Waals surface area contributed by atoms with E-state index in [0.717, 1.165) is 44.3 Å². The van der Waals surface area contributed by atoms with Crippen LogP contribution in [0.3, 0.4) is 0 Å². The molecule has 1 aromatic rings. The molecule has 0 heterocycles. The maximum atomic E-state index is 5.98. The van der Waals surface area contributed by atoms with E-state index in [0.29, 0.717) is 6.71 Å². The van der Waals surface area contributed by atoms with E-state index in [2.05, 4.69) is 44.9 Å². The van der Waals surface area contributed by atoms with Gasteiger partial charge in [0.25, 0.3) is 0 Å². The van der Waals surface area contributed by atoms with Crippen LogP contribution in [0.25, 0.3) is 0 Å². The third-order valence-corrected chi connectivity index (χ3v) is 3.62. The first kappa shape index (κ1) is 17.4. The van der Waals surface area contributed by atoms with Gasteiger partial charge in [-0.2, -0.15) is 0 Å². The minimum absolute atomic E-state index is 0.421. The lowest BCUT2D eigenvalue weighted by Gasteiger charge is -2.18. The summed E-state index contributed by atoms with van der Waals surface area (Å²) in [5, 5.41) is 0. The van der Waals surface area contributed by atoms with E-state index in [4.69, 9.17) is 4.74 Å². The van der Waals surface area contributed by atoms with Crippen molar-refractivity contribution in [1.82, 2.24) is 0 Å². The number of hydrogen-bond donors (Lipinski definition) is 0. The molecule has 0 atom stereocenters. The molecule has 0 amide bonds. The third kappa shape index (κ3) is 5.30. The lowest BCUT2D eigenvalue weighted by Crippen LogP contribution is -2.32. The van der Waals surface area contributed by atoms with Crippen molar-refractivity contribution in [2.24, 2.45) is 0 Å². The minimum atomic E-state index is 0.421. The monoisotopic (exact) mass is 282 g/mol. The molecule has 2 heteroatoms. The van der Waals surface area contributed by atoms with Gasteiger partial charge in [0.2, 0.25) is 0 Å². The van der Waals surface area contributed by atoms with Gasteiger partial charge in [0, 0.05) is 0 Å². The first-order valence-corrected chi connectivity index (χ1v) is 7.85. The number of ether oxygens (including phenoxy) is 1. The van der Waals surface area contributed by atoms with Gasteiger partial charge in [-0.3, -0.25) is 0 Å². The number of hydrogen-bond acceptors (Lipinski definition) is 1. The molecule has 1 aromatic carbocycles. The minimum Gasteiger partial charge on any atom is -0.493 e. The topological polar surface area (TPSA) is 9.23 Å². The van der Waals surface area contributed by atoms with Gasteiger partial charge in [-0.05, 0) is 24.5 Å². The first-order chi connectivity index (χ1) is 10.3. The predicted molar refractivity (Wildman–Crippen MR) is 96.1 cm³/mol. The van der Waals surface area contributed by atoms with Crippen LogP contribution in [0.1, 0.15) is 25.3 Å². The molecule has 0 radical (unpaired) electrons. The molecule has 112 valence electrons. The molecule has 0 bridgehead atoms. The smallest absolute Gasteiger partial charge is 0.184 e. The highest BCUT2D eigenvalue weighted by Gasteiger charge is 2.19. The molecule has 0 N–H and O–H groups in total. The highest BCUT2D eigenvalue weighted by atomic mass is 16.5. The second-order valence-electron chi connectivity index (χ2n) is 5.26. The molecule has 0 aliphatic rings. The van der Waals surface area contributed by atoms with Crippen LogP contribution >= 0.6 is 0 Å². The van der Waals surface area contributed by atoms with E-state index in [1.807, 2.05) is 18.2 Å². The summed E-state index contributed by atoms with van der Waals surface area (Å²) in [6.07, 6.45) is 10.9. The van der Waals surface area contributed by atoms with Crippen molar-refractivity contribution >= 4 is 12.2 Å². The van der Waals surface area contributed by atoms with Crippen LogP contribution < -0.4 is 10.2 Å². The van der Waals surface area contributed by atoms with Crippen molar-refractivity contribution in [3.63, 3.8) is 0 Å². The Hall–Kier alpha value is -1.70. The lowest BCUT2D eigenvalue weighted by molar-refractivity contribution is 0.307. The molecule has 0 aliphatic carbocycles. The van der Waals surface area contributed by atoms with Crippen LogP contribution in [0, 0.1) is 0 Å². The van der Waals surface area contributed by atoms with Crippen LogP contribution in [0.2, 0.25) is 12.6 Å². The van der Waals surface area contributed by atoms with E-state index in [1.165, 1.54) is 11.0 Å². The van der Waals surface area contributed by atoms with Gasteiger partial charge in [0.15, 0.2) is 6.71 Å². The number of allylic oxidation sites excluding steroid dienone is 3. The zero-order valence-electron chi connectivity index (χ0n) is 13.3. The molecular weight excluding hydrogens is 255 g/mol. The standard InChI is InChI=1S/C19H27BO/c1-5-9-16-21-19-13-10-12-18(17(19)11-6-2)20(14-7-3)15-8-4/h6-8,10,12-13H,2-5,9,11,14-16H2,1H3. The van der Waals surface area contributed by atoms with E-state index in [-0.39, 0.29) is 0 Å². The highest BCUT2D eigenvalue weighted by Crippen LogP contribution is 2.20. The molecule has 0 unspecified atom stereocenters. The van der Waals surface area contributed by atoms with Gasteiger partial charge < -0.3 is 4.74 Å². The average Bonchev–Trinajstić information content (AvgIpc) is 2.49. The molecule has 1 nitrogen and oxygen atoms in total. The normalized spacial score (nSPS) is 9.95. The Kier molecular flexibility index (Phi) is 8.34. The predicted octanol–water partition coefficient (Wildman–Crippen LogP) is 4.67. The van der Waals surface area contributed by atoms with Crippen LogP contribution in [0.4, 0.5) is 0 Å². The number of benzene rings is 1. The van der Waals surface area contributed by atoms with E-state index in [9.17, 15) is 0 Å². The molecule has 21 heavy (non-hydrogen) atoms. The number of unbranched alkanes of at least 4 members (excludes halogenated alkanes) is 1. The van der Waals surface area contributed by atoms with Gasteiger partial charge >= 0.3 is 0 Å². The second-order valence-corrected chi connectivity index (χ2v) is 5.26. The summed E-state index contributed by atoms with van der Waals surface area (Å²) in [4.78, 5) is 0. The summed E-state index contributed by atoms with van der Waals surface area (Å²) in [7, 11) is 0. The number of rotatable bonds is 11. The Bertz CT molecular complexity index is 455. The van der Waals surface area contributed by atoms with Crippen molar-refractivity contribution < 1.29 is 4.74 Å². The summed E-state index contributed by atoms with van der Waals surface area (Å²) in [6.45, 7) is 15.0. The Morgan fingerprint density at radius 2 is 1.81 bits per heavy atom. The van der Waals surface area contributed by atoms with Crippen molar-refractivity contribution in [3.05, 3.63) is 61.7 Å². The van der Waals surface area contributed by atoms with Crippen LogP contribution in [0.5, 0.6) is 5.75 Å². The van der Waals surface area contributed by atoms with Crippen molar-refractivity contribution in [2.45, 2.75) is 38.8 Å². The largest absolute Gasteiger partial charge is 0.493 e. The Labute approximate surface area is 130 Å². The maximum Gasteiger partial charge on any atom is 0.184 e. The zero-order chi connectivity index (χ0) is 15.5. The van der Waals surface area contributed by atoms with Crippen molar-refractivity contribution in [3.8, 4) is 5.75 Å². The molecule has 1 rings (SSSR count). The van der Waals surface area contributed by atoms with Gasteiger partial charge in [0.1, 0.15) is 5.75 Å². The highest BCUT2D eigenvalue weighted by molar-refractivity contribution is 6.74. The van der Waals surface area contributed by atoms with E-state index >= 15 is 0 Å². The second kappa shape index (κ2) is 10.1. The molecular formula is C19H27BO. The summed E-state index contributed by atoms with van der Waals surface area (Å²) in [6, 6.07) is 6.35. The summed E-state index contributed by atoms with van der Waals surface area (Å²) in [5.41, 5.74) is 2.60. The Balaban J connectivity index is 3.09. The molecule has 0 aliphatic heterocycles. The fourth-order valence-electron chi connectivity index (χ4n) is 2.54. The molecule has 0 fully saturated rings. The fraction of sp³-hybridized carbons (Fsp3) is 0.368. The Morgan fingerprint density at radius 3 is 2.38 bits per heavy atom. The summed E-state index contributed by atoms with van der Waals surface area (Å²) < 4.78 is 5.98. The zero-order valence-corrected chi connectivity index (χ0v) is 13.3. The van der Waals surface area contributed by atoms with Crippen molar-refractivity contribution in [2.75, 3.05) is 6.61 Å². The van der Waals surface area contributed by atoms with Gasteiger partial charge in [0.05, 0.1) is 6.61 Å². The molecule has 0 saturated heterocycles. The average molecular weight is 282 g/mol. The lowest BCUT2D eigenvalue weighted by atomic mass is 9.40. The molecule has 0 saturated carbocycles. The van der Waals surface area contributed by atoms with Gasteiger partial charge in [-0.1, -0.05) is 61.8 Å². The molecule has 0 aromatic heterocycles. The van der Waals surface area contributed by atoms with Crippen LogP contribution in [-0.2, 0) is 6.42 Å². The summed E-state index contributed by atoms with van der Waals surface area (Å²) >= 11 is 0. The fourth-order valence-corrected chi connectivity index (χ4v) is 2.54. The van der Waals surface area contributed by atoms with Gasteiger partial charge in [-0.15, -0.1) is 19.7 Å².